The first-order valence-corrected chi connectivity index (χ1v) is 6.81. The standard InChI is InChI=1S/C13H19Cl2NO2/c1-3-4-5-11(17)13(16-2)18-12-7-6-9(14)8-10(12)15/h6-8,11,13,16-17H,3-5H2,1-2H3. The van der Waals surface area contributed by atoms with Crippen LogP contribution in [0.1, 0.15) is 26.2 Å². The molecule has 0 fully saturated rings. The van der Waals surface area contributed by atoms with E-state index in [1.165, 1.54) is 0 Å². The average molecular weight is 292 g/mol. The monoisotopic (exact) mass is 291 g/mol. The van der Waals surface area contributed by atoms with E-state index in [-0.39, 0.29) is 0 Å². The molecule has 0 saturated carbocycles. The summed E-state index contributed by atoms with van der Waals surface area (Å²) in [6, 6.07) is 5.01. The maximum Gasteiger partial charge on any atom is 0.176 e. The summed E-state index contributed by atoms with van der Waals surface area (Å²) in [5, 5.41) is 13.9. The van der Waals surface area contributed by atoms with Crippen molar-refractivity contribution in [3.05, 3.63) is 28.2 Å². The lowest BCUT2D eigenvalue weighted by Gasteiger charge is -2.24. The Bertz CT molecular complexity index is 374. The van der Waals surface area contributed by atoms with Crippen molar-refractivity contribution in [3.8, 4) is 5.75 Å². The summed E-state index contributed by atoms with van der Waals surface area (Å²) in [6.07, 6.45) is 1.64. The number of ether oxygens (including phenoxy) is 1. The van der Waals surface area contributed by atoms with Gasteiger partial charge in [-0.3, -0.25) is 5.32 Å². The van der Waals surface area contributed by atoms with Crippen molar-refractivity contribution >= 4 is 23.2 Å². The number of aliphatic hydroxyl groups excluding tert-OH is 1. The van der Waals surface area contributed by atoms with E-state index in [0.29, 0.717) is 22.2 Å². The Balaban J connectivity index is 2.67. The van der Waals surface area contributed by atoms with Gasteiger partial charge in [0.05, 0.1) is 5.02 Å². The lowest BCUT2D eigenvalue weighted by molar-refractivity contribution is 0.0142. The topological polar surface area (TPSA) is 41.5 Å². The first kappa shape index (κ1) is 15.6. The van der Waals surface area contributed by atoms with Gasteiger partial charge in [-0.15, -0.1) is 0 Å². The quantitative estimate of drug-likeness (QED) is 0.756. The van der Waals surface area contributed by atoms with Crippen LogP contribution in [0.2, 0.25) is 10.0 Å². The molecular formula is C13H19Cl2NO2. The van der Waals surface area contributed by atoms with Crippen molar-refractivity contribution in [1.82, 2.24) is 5.32 Å². The first-order valence-electron chi connectivity index (χ1n) is 6.05. The molecule has 1 aromatic rings. The molecule has 2 atom stereocenters. The molecule has 0 aliphatic rings. The van der Waals surface area contributed by atoms with Crippen LogP contribution in [0.5, 0.6) is 5.75 Å². The summed E-state index contributed by atoms with van der Waals surface area (Å²) < 4.78 is 5.66. The largest absolute Gasteiger partial charge is 0.471 e. The molecule has 3 nitrogen and oxygen atoms in total. The second-order valence-corrected chi connectivity index (χ2v) is 4.96. The Morgan fingerprint density at radius 2 is 2.11 bits per heavy atom. The number of nitrogens with one attached hydrogen (secondary N) is 1. The Morgan fingerprint density at radius 1 is 1.39 bits per heavy atom. The zero-order valence-corrected chi connectivity index (χ0v) is 12.1. The molecule has 2 N–H and O–H groups in total. The molecule has 0 amide bonds. The van der Waals surface area contributed by atoms with E-state index in [9.17, 15) is 5.11 Å². The molecule has 1 rings (SSSR count). The number of likely N-dealkylation sites (N-methyl/N-ethyl adjacent to an activating group) is 1. The fourth-order valence-electron chi connectivity index (χ4n) is 1.60. The molecule has 2 unspecified atom stereocenters. The average Bonchev–Trinajstić information content (AvgIpc) is 2.35. The van der Waals surface area contributed by atoms with E-state index in [2.05, 4.69) is 12.2 Å². The third kappa shape index (κ3) is 4.65. The summed E-state index contributed by atoms with van der Waals surface area (Å²) in [6.45, 7) is 2.08. The SMILES string of the molecule is CCCCC(O)C(NC)Oc1ccc(Cl)cc1Cl. The highest BCUT2D eigenvalue weighted by Crippen LogP contribution is 2.28. The second kappa shape index (κ2) is 7.85. The molecule has 18 heavy (non-hydrogen) atoms. The molecule has 0 aliphatic heterocycles. The fraction of sp³-hybridized carbons (Fsp3) is 0.538. The minimum atomic E-state index is -0.568. The number of aliphatic hydroxyl groups is 1. The highest BCUT2D eigenvalue weighted by Gasteiger charge is 2.19. The minimum Gasteiger partial charge on any atom is -0.471 e. The van der Waals surface area contributed by atoms with Gasteiger partial charge in [0, 0.05) is 5.02 Å². The van der Waals surface area contributed by atoms with E-state index in [1.54, 1.807) is 25.2 Å². The fourth-order valence-corrected chi connectivity index (χ4v) is 2.06. The summed E-state index contributed by atoms with van der Waals surface area (Å²) in [4.78, 5) is 0. The molecule has 0 aliphatic carbocycles. The Hall–Kier alpha value is -0.480. The number of hydrogen-bond donors (Lipinski definition) is 2. The lowest BCUT2D eigenvalue weighted by atomic mass is 10.1. The molecule has 0 aromatic heterocycles. The van der Waals surface area contributed by atoms with Crippen LogP contribution in [0, 0.1) is 0 Å². The molecule has 0 saturated heterocycles. The van der Waals surface area contributed by atoms with Crippen molar-refractivity contribution in [3.63, 3.8) is 0 Å². The molecular weight excluding hydrogens is 273 g/mol. The number of hydrogen-bond acceptors (Lipinski definition) is 3. The van der Waals surface area contributed by atoms with E-state index in [4.69, 9.17) is 27.9 Å². The smallest absolute Gasteiger partial charge is 0.176 e. The zero-order chi connectivity index (χ0) is 13.5. The Labute approximate surface area is 118 Å². The van der Waals surface area contributed by atoms with Crippen LogP contribution in [-0.2, 0) is 0 Å². The van der Waals surface area contributed by atoms with Crippen LogP contribution in [0.4, 0.5) is 0 Å². The van der Waals surface area contributed by atoms with Crippen molar-refractivity contribution < 1.29 is 9.84 Å². The number of benzene rings is 1. The zero-order valence-electron chi connectivity index (χ0n) is 10.6. The summed E-state index contributed by atoms with van der Waals surface area (Å²) in [5.74, 6) is 0.510. The molecule has 0 radical (unpaired) electrons. The van der Waals surface area contributed by atoms with E-state index in [0.717, 1.165) is 12.8 Å². The van der Waals surface area contributed by atoms with Crippen molar-refractivity contribution in [2.75, 3.05) is 7.05 Å². The molecule has 0 bridgehead atoms. The number of halogens is 2. The lowest BCUT2D eigenvalue weighted by Crippen LogP contribution is -2.42. The Kier molecular flexibility index (Phi) is 6.79. The summed E-state index contributed by atoms with van der Waals surface area (Å²) >= 11 is 11.8. The normalized spacial score (nSPS) is 14.3. The van der Waals surface area contributed by atoms with Gasteiger partial charge >= 0.3 is 0 Å². The van der Waals surface area contributed by atoms with E-state index in [1.807, 2.05) is 0 Å². The third-order valence-corrected chi connectivity index (χ3v) is 3.17. The molecule has 5 heteroatoms. The van der Waals surface area contributed by atoms with Gasteiger partial charge in [-0.1, -0.05) is 43.0 Å². The second-order valence-electron chi connectivity index (χ2n) is 4.11. The van der Waals surface area contributed by atoms with Crippen LogP contribution in [0.25, 0.3) is 0 Å². The van der Waals surface area contributed by atoms with Crippen LogP contribution >= 0.6 is 23.2 Å². The van der Waals surface area contributed by atoms with Crippen LogP contribution in [0.15, 0.2) is 18.2 Å². The highest BCUT2D eigenvalue weighted by molar-refractivity contribution is 6.35. The maximum atomic E-state index is 9.99. The van der Waals surface area contributed by atoms with Crippen LogP contribution in [0.3, 0.4) is 0 Å². The number of rotatable bonds is 7. The van der Waals surface area contributed by atoms with E-state index < -0.39 is 12.3 Å². The molecule has 1 aromatic carbocycles. The summed E-state index contributed by atoms with van der Waals surface area (Å²) in [7, 11) is 1.74. The van der Waals surface area contributed by atoms with Crippen molar-refractivity contribution in [1.29, 1.82) is 0 Å². The van der Waals surface area contributed by atoms with Gasteiger partial charge in [-0.05, 0) is 31.7 Å². The van der Waals surface area contributed by atoms with Gasteiger partial charge in [0.25, 0.3) is 0 Å². The molecule has 0 spiro atoms. The maximum absolute atomic E-state index is 9.99. The van der Waals surface area contributed by atoms with Gasteiger partial charge in [0.2, 0.25) is 0 Å². The van der Waals surface area contributed by atoms with Crippen LogP contribution in [-0.4, -0.2) is 24.5 Å². The van der Waals surface area contributed by atoms with E-state index >= 15 is 0 Å². The summed E-state index contributed by atoms with van der Waals surface area (Å²) in [5.41, 5.74) is 0. The predicted octanol–water partition coefficient (Wildman–Crippen LogP) is 3.47. The van der Waals surface area contributed by atoms with Crippen LogP contribution < -0.4 is 10.1 Å². The third-order valence-electron chi connectivity index (χ3n) is 2.64. The van der Waals surface area contributed by atoms with Crippen molar-refractivity contribution in [2.24, 2.45) is 0 Å². The first-order chi connectivity index (χ1) is 8.58. The van der Waals surface area contributed by atoms with Gasteiger partial charge in [-0.25, -0.2) is 0 Å². The minimum absolute atomic E-state index is 0.436. The highest BCUT2D eigenvalue weighted by atomic mass is 35.5. The van der Waals surface area contributed by atoms with Gasteiger partial charge in [0.1, 0.15) is 11.9 Å². The van der Waals surface area contributed by atoms with Crippen molar-refractivity contribution in [2.45, 2.75) is 38.5 Å². The Morgan fingerprint density at radius 3 is 2.67 bits per heavy atom. The van der Waals surface area contributed by atoms with Gasteiger partial charge in [0.15, 0.2) is 6.23 Å². The molecule has 102 valence electrons. The number of unbranched alkanes of at least 4 members (excludes halogenated alkanes) is 1. The molecule has 0 heterocycles. The predicted molar refractivity (Wildman–Crippen MR) is 75.5 cm³/mol. The van der Waals surface area contributed by atoms with Gasteiger partial charge in [-0.2, -0.15) is 0 Å². The van der Waals surface area contributed by atoms with Gasteiger partial charge < -0.3 is 9.84 Å².